The first-order valence-corrected chi connectivity index (χ1v) is 11.3. The lowest BCUT2D eigenvalue weighted by Gasteiger charge is -2.22. The molecule has 3 aromatic heterocycles. The SMILES string of the molecule is CN(C)c1ncnc2c1ncn2[C@@H]1O[C@H](CO)[C@@H](NC(=O)[C@@H](N)Cc2c[nH]c3ccccc23)[C@H]1O. The minimum Gasteiger partial charge on any atom is -0.394 e. The second kappa shape index (κ2) is 9.23. The van der Waals surface area contributed by atoms with Crippen LogP contribution in [0.3, 0.4) is 0 Å². The van der Waals surface area contributed by atoms with Gasteiger partial charge in [0.2, 0.25) is 5.91 Å². The average molecular weight is 481 g/mol. The Balaban J connectivity index is 1.33. The molecule has 4 aromatic rings. The Bertz CT molecular complexity index is 1350. The standard InChI is InChI=1S/C23H28N8O4/c1-30(2)20-18-21(27-10-26-20)31(11-28-18)23-19(33)17(16(9-32)35-23)29-22(34)14(24)7-12-8-25-15-6-4-3-5-13(12)15/h3-6,8,10-11,14,16-17,19,23,25,32-33H,7,9,24H2,1-2H3,(H,29,34)/t14-,16+,17+,19+,23+/m0/s1. The molecule has 1 fully saturated rings. The number of hydrogen-bond acceptors (Lipinski definition) is 9. The van der Waals surface area contributed by atoms with E-state index in [4.69, 9.17) is 10.5 Å². The number of ether oxygens (including phenoxy) is 1. The van der Waals surface area contributed by atoms with Gasteiger partial charge >= 0.3 is 0 Å². The number of para-hydroxylation sites is 1. The number of H-pyrrole nitrogens is 1. The summed E-state index contributed by atoms with van der Waals surface area (Å²) < 4.78 is 7.50. The van der Waals surface area contributed by atoms with Crippen molar-refractivity contribution in [2.24, 2.45) is 5.73 Å². The highest BCUT2D eigenvalue weighted by molar-refractivity contribution is 5.86. The third kappa shape index (κ3) is 4.10. The van der Waals surface area contributed by atoms with E-state index in [2.05, 4.69) is 25.3 Å². The molecule has 0 radical (unpaired) electrons. The third-order valence-corrected chi connectivity index (χ3v) is 6.35. The van der Waals surface area contributed by atoms with E-state index in [0.717, 1.165) is 16.5 Å². The van der Waals surface area contributed by atoms with E-state index in [0.29, 0.717) is 23.4 Å². The van der Waals surface area contributed by atoms with Crippen LogP contribution in [0.4, 0.5) is 5.82 Å². The molecule has 0 aliphatic carbocycles. The number of fused-ring (bicyclic) bond motifs is 2. The second-order valence-electron chi connectivity index (χ2n) is 8.86. The highest BCUT2D eigenvalue weighted by Crippen LogP contribution is 2.32. The van der Waals surface area contributed by atoms with E-state index in [1.54, 1.807) is 4.57 Å². The van der Waals surface area contributed by atoms with Crippen LogP contribution in [-0.2, 0) is 16.0 Å². The van der Waals surface area contributed by atoms with Crippen molar-refractivity contribution in [3.05, 3.63) is 48.7 Å². The maximum absolute atomic E-state index is 13.0. The second-order valence-corrected chi connectivity index (χ2v) is 8.86. The predicted octanol–water partition coefficient (Wildman–Crippen LogP) is -0.321. The van der Waals surface area contributed by atoms with E-state index in [1.165, 1.54) is 12.7 Å². The number of imidazole rings is 1. The van der Waals surface area contributed by atoms with Crippen LogP contribution in [0.2, 0.25) is 0 Å². The van der Waals surface area contributed by atoms with Crippen molar-refractivity contribution in [2.45, 2.75) is 36.9 Å². The smallest absolute Gasteiger partial charge is 0.237 e. The molecule has 5 atom stereocenters. The zero-order valence-corrected chi connectivity index (χ0v) is 19.4. The van der Waals surface area contributed by atoms with Gasteiger partial charge in [0.25, 0.3) is 0 Å². The van der Waals surface area contributed by atoms with Gasteiger partial charge in [0.15, 0.2) is 23.2 Å². The fourth-order valence-electron chi connectivity index (χ4n) is 4.56. The molecule has 35 heavy (non-hydrogen) atoms. The van der Waals surface area contributed by atoms with Crippen LogP contribution in [0, 0.1) is 0 Å². The molecular formula is C23H28N8O4. The number of nitrogens with zero attached hydrogens (tertiary/aromatic N) is 5. The van der Waals surface area contributed by atoms with Crippen LogP contribution in [0.15, 0.2) is 43.1 Å². The highest BCUT2D eigenvalue weighted by Gasteiger charge is 2.46. The first-order chi connectivity index (χ1) is 16.9. The van der Waals surface area contributed by atoms with E-state index in [1.807, 2.05) is 49.5 Å². The van der Waals surface area contributed by atoms with Crippen molar-refractivity contribution in [1.29, 1.82) is 0 Å². The fourth-order valence-corrected chi connectivity index (χ4v) is 4.56. The van der Waals surface area contributed by atoms with E-state index in [-0.39, 0.29) is 0 Å². The lowest BCUT2D eigenvalue weighted by atomic mass is 10.0. The van der Waals surface area contributed by atoms with Crippen molar-refractivity contribution in [2.75, 3.05) is 25.6 Å². The van der Waals surface area contributed by atoms with Crippen molar-refractivity contribution in [3.8, 4) is 0 Å². The topological polar surface area (TPSA) is 167 Å². The van der Waals surface area contributed by atoms with Crippen LogP contribution in [0.1, 0.15) is 11.8 Å². The molecule has 12 nitrogen and oxygen atoms in total. The Morgan fingerprint density at radius 2 is 2.11 bits per heavy atom. The molecule has 0 saturated carbocycles. The van der Waals surface area contributed by atoms with Gasteiger partial charge in [-0.05, 0) is 18.1 Å². The maximum Gasteiger partial charge on any atom is 0.237 e. The average Bonchev–Trinajstić information content (AvgIpc) is 3.55. The molecule has 5 rings (SSSR count). The quantitative estimate of drug-likeness (QED) is 0.238. The summed E-state index contributed by atoms with van der Waals surface area (Å²) in [5.74, 6) is 0.169. The van der Waals surface area contributed by atoms with Crippen molar-refractivity contribution in [3.63, 3.8) is 0 Å². The summed E-state index contributed by atoms with van der Waals surface area (Å²) in [6.07, 6.45) is 2.12. The summed E-state index contributed by atoms with van der Waals surface area (Å²) in [5.41, 5.74) is 9.10. The number of aliphatic hydroxyl groups is 2. The lowest BCUT2D eigenvalue weighted by Crippen LogP contribution is -2.53. The molecule has 12 heteroatoms. The number of benzene rings is 1. The fraction of sp³-hybridized carbons (Fsp3) is 0.391. The lowest BCUT2D eigenvalue weighted by molar-refractivity contribution is -0.124. The van der Waals surface area contributed by atoms with E-state index < -0.39 is 43.0 Å². The number of nitrogens with two attached hydrogens (primary N) is 1. The van der Waals surface area contributed by atoms with Gasteiger partial charge in [-0.15, -0.1) is 0 Å². The summed E-state index contributed by atoms with van der Waals surface area (Å²) in [5, 5.41) is 24.8. The first kappa shape index (κ1) is 23.2. The van der Waals surface area contributed by atoms with Crippen LogP contribution >= 0.6 is 0 Å². The Morgan fingerprint density at radius 1 is 1.31 bits per heavy atom. The molecule has 6 N–H and O–H groups in total. The van der Waals surface area contributed by atoms with Gasteiger partial charge in [0.1, 0.15) is 18.5 Å². The van der Waals surface area contributed by atoms with Gasteiger partial charge in [-0.1, -0.05) is 18.2 Å². The Hall–Kier alpha value is -3.58. The summed E-state index contributed by atoms with van der Waals surface area (Å²) >= 11 is 0. The highest BCUT2D eigenvalue weighted by atomic mass is 16.5. The van der Waals surface area contributed by atoms with Crippen molar-refractivity contribution >= 4 is 33.8 Å². The summed E-state index contributed by atoms with van der Waals surface area (Å²) in [6, 6.07) is 6.04. The first-order valence-electron chi connectivity index (χ1n) is 11.3. The molecule has 1 aliphatic rings. The number of carbonyl (C=O) groups excluding carboxylic acids is 1. The number of anilines is 1. The number of aromatic amines is 1. The van der Waals surface area contributed by atoms with E-state index >= 15 is 0 Å². The van der Waals surface area contributed by atoms with Gasteiger partial charge in [0.05, 0.1) is 25.0 Å². The van der Waals surface area contributed by atoms with Crippen LogP contribution in [0.5, 0.6) is 0 Å². The number of aromatic nitrogens is 5. The Kier molecular flexibility index (Phi) is 6.11. The molecule has 184 valence electrons. The van der Waals surface area contributed by atoms with Crippen LogP contribution < -0.4 is 16.0 Å². The van der Waals surface area contributed by atoms with Gasteiger partial charge in [-0.25, -0.2) is 15.0 Å². The zero-order valence-electron chi connectivity index (χ0n) is 19.4. The number of nitrogens with one attached hydrogen (secondary N) is 2. The molecule has 0 spiro atoms. The summed E-state index contributed by atoms with van der Waals surface area (Å²) in [6.45, 7) is -0.402. The summed E-state index contributed by atoms with van der Waals surface area (Å²) in [4.78, 5) is 30.9. The molecule has 4 heterocycles. The number of carbonyl (C=O) groups is 1. The number of hydrogen-bond donors (Lipinski definition) is 5. The monoisotopic (exact) mass is 480 g/mol. The largest absolute Gasteiger partial charge is 0.394 e. The number of aliphatic hydroxyl groups excluding tert-OH is 2. The molecule has 1 aliphatic heterocycles. The molecule has 0 bridgehead atoms. The zero-order chi connectivity index (χ0) is 24.7. The normalized spacial score (nSPS) is 23.1. The van der Waals surface area contributed by atoms with Gasteiger partial charge in [0, 0.05) is 31.2 Å². The third-order valence-electron chi connectivity index (χ3n) is 6.35. The minimum absolute atomic E-state index is 0.309. The van der Waals surface area contributed by atoms with Crippen LogP contribution in [0.25, 0.3) is 22.1 Å². The Labute approximate surface area is 200 Å². The van der Waals surface area contributed by atoms with Gasteiger partial charge < -0.3 is 35.9 Å². The van der Waals surface area contributed by atoms with Crippen LogP contribution in [-0.4, -0.2) is 85.6 Å². The number of amides is 1. The molecule has 1 saturated heterocycles. The molecular weight excluding hydrogens is 452 g/mol. The van der Waals surface area contributed by atoms with E-state index in [9.17, 15) is 15.0 Å². The van der Waals surface area contributed by atoms with Gasteiger partial charge in [-0.3, -0.25) is 9.36 Å². The molecule has 0 unspecified atom stereocenters. The van der Waals surface area contributed by atoms with Crippen molar-refractivity contribution in [1.82, 2.24) is 29.8 Å². The number of rotatable bonds is 7. The van der Waals surface area contributed by atoms with Gasteiger partial charge in [-0.2, -0.15) is 0 Å². The summed E-state index contributed by atoms with van der Waals surface area (Å²) in [7, 11) is 3.68. The Morgan fingerprint density at radius 3 is 2.89 bits per heavy atom. The maximum atomic E-state index is 13.0. The molecule has 1 aromatic carbocycles. The minimum atomic E-state index is -1.17. The van der Waals surface area contributed by atoms with Crippen molar-refractivity contribution < 1.29 is 19.7 Å². The predicted molar refractivity (Wildman–Crippen MR) is 129 cm³/mol. The molecule has 1 amide bonds.